The summed E-state index contributed by atoms with van der Waals surface area (Å²) in [5.74, 6) is 1.84. The molecule has 49 heavy (non-hydrogen) atoms. The van der Waals surface area contributed by atoms with Gasteiger partial charge in [-0.15, -0.1) is 6.42 Å². The van der Waals surface area contributed by atoms with E-state index < -0.39 is 11.6 Å². The van der Waals surface area contributed by atoms with E-state index in [1.165, 1.54) is 11.0 Å². The predicted octanol–water partition coefficient (Wildman–Crippen LogP) is 5.12. The van der Waals surface area contributed by atoms with Crippen LogP contribution in [0.5, 0.6) is 6.01 Å². The number of pyridine rings is 1. The lowest BCUT2D eigenvalue weighted by Gasteiger charge is -2.35. The third-order valence-corrected chi connectivity index (χ3v) is 10.8. The SMILES string of the molecule is C#Cc1c(F)ccc2cccc(-c3ncc4c(N5C[C@H]6CC[C@@H](C5)N6)nc(OC[C@]56CCCN5[C@@H](COC(=O)N(C)C)CC6)nc4c3F)c12. The third-order valence-electron chi connectivity index (χ3n) is 10.8. The summed E-state index contributed by atoms with van der Waals surface area (Å²) in [5.41, 5.74) is 0.321. The second-order valence-electron chi connectivity index (χ2n) is 14.0. The van der Waals surface area contributed by atoms with Crippen molar-refractivity contribution in [2.45, 2.75) is 62.2 Å². The molecule has 12 heteroatoms. The van der Waals surface area contributed by atoms with Crippen molar-refractivity contribution in [1.29, 1.82) is 0 Å². The summed E-state index contributed by atoms with van der Waals surface area (Å²) in [6.45, 7) is 2.99. The average Bonchev–Trinajstić information content (AvgIpc) is 3.78. The van der Waals surface area contributed by atoms with Crippen molar-refractivity contribution < 1.29 is 23.0 Å². The molecule has 4 aliphatic heterocycles. The number of nitrogens with one attached hydrogen (secondary N) is 1. The molecule has 2 bridgehead atoms. The molecule has 0 saturated carbocycles. The van der Waals surface area contributed by atoms with E-state index >= 15 is 4.39 Å². The van der Waals surface area contributed by atoms with Crippen LogP contribution in [0.1, 0.15) is 44.1 Å². The number of nitrogens with zero attached hydrogens (tertiary/aromatic N) is 6. The minimum atomic E-state index is -0.645. The number of hydrogen-bond donors (Lipinski definition) is 1. The number of ether oxygens (including phenoxy) is 2. The van der Waals surface area contributed by atoms with Crippen LogP contribution in [0, 0.1) is 24.0 Å². The van der Waals surface area contributed by atoms with Gasteiger partial charge >= 0.3 is 12.1 Å². The molecule has 0 spiro atoms. The number of rotatable bonds is 7. The largest absolute Gasteiger partial charge is 0.461 e. The highest BCUT2D eigenvalue weighted by Crippen LogP contribution is 2.43. The van der Waals surface area contributed by atoms with E-state index in [0.717, 1.165) is 58.2 Å². The number of fused-ring (bicyclic) bond motifs is 5. The molecule has 0 aliphatic carbocycles. The van der Waals surface area contributed by atoms with Gasteiger partial charge in [0, 0.05) is 62.5 Å². The van der Waals surface area contributed by atoms with Crippen molar-refractivity contribution in [3.63, 3.8) is 0 Å². The van der Waals surface area contributed by atoms with Gasteiger partial charge in [0.25, 0.3) is 0 Å². The molecule has 1 amide bonds. The molecule has 4 aliphatic rings. The van der Waals surface area contributed by atoms with E-state index in [9.17, 15) is 9.18 Å². The first kappa shape index (κ1) is 31.7. The molecular weight excluding hydrogens is 628 g/mol. The maximum absolute atomic E-state index is 16.9. The van der Waals surface area contributed by atoms with Crippen molar-refractivity contribution in [2.24, 2.45) is 0 Å². The maximum atomic E-state index is 16.9. The lowest BCUT2D eigenvalue weighted by Crippen LogP contribution is -2.51. The molecule has 0 unspecified atom stereocenters. The first-order valence-electron chi connectivity index (χ1n) is 17.0. The van der Waals surface area contributed by atoms with E-state index in [1.54, 1.807) is 38.5 Å². The van der Waals surface area contributed by atoms with Gasteiger partial charge in [-0.05, 0) is 56.5 Å². The zero-order valence-electron chi connectivity index (χ0n) is 27.7. The summed E-state index contributed by atoms with van der Waals surface area (Å²) >= 11 is 0. The zero-order chi connectivity index (χ0) is 33.9. The number of carbonyl (C=O) groups is 1. The first-order valence-corrected chi connectivity index (χ1v) is 17.0. The van der Waals surface area contributed by atoms with Crippen LogP contribution in [0.4, 0.5) is 19.4 Å². The Labute approximate surface area is 283 Å². The highest BCUT2D eigenvalue weighted by molar-refractivity contribution is 6.02. The number of carbonyl (C=O) groups excluding carboxylic acids is 1. The lowest BCUT2D eigenvalue weighted by atomic mass is 9.95. The number of piperazine rings is 1. The summed E-state index contributed by atoms with van der Waals surface area (Å²) in [4.78, 5) is 32.3. The van der Waals surface area contributed by atoms with Crippen LogP contribution < -0.4 is 15.0 Å². The number of anilines is 1. The van der Waals surface area contributed by atoms with Gasteiger partial charge in [-0.1, -0.05) is 30.2 Å². The quantitative estimate of drug-likeness (QED) is 0.270. The van der Waals surface area contributed by atoms with Crippen molar-refractivity contribution in [3.8, 4) is 29.6 Å². The maximum Gasteiger partial charge on any atom is 0.409 e. The standard InChI is InChI=1S/C37H39F2N7O3/c1-4-26-29(38)12-9-22-7-5-8-27(30(22)26)32-31(39)33-28(17-40-32)34(45-18-23-10-11-24(19-45)41-23)43-35(42-33)49-21-37-14-6-16-46(37)25(13-15-37)20-48-36(47)44(2)3/h1,5,7-9,12,17,23-25,41H,6,10-11,13-16,18-21H2,2-3H3/t23-,24+,25-,37-/m1/s1. The fourth-order valence-corrected chi connectivity index (χ4v) is 8.46. The van der Waals surface area contributed by atoms with E-state index in [1.807, 2.05) is 6.07 Å². The Morgan fingerprint density at radius 2 is 1.94 bits per heavy atom. The molecule has 8 rings (SSSR count). The van der Waals surface area contributed by atoms with Gasteiger partial charge in [-0.25, -0.2) is 13.6 Å². The Kier molecular flexibility index (Phi) is 8.00. The third kappa shape index (κ3) is 5.49. The Balaban J connectivity index is 1.17. The zero-order valence-corrected chi connectivity index (χ0v) is 27.7. The van der Waals surface area contributed by atoms with Crippen LogP contribution >= 0.6 is 0 Å². The fraction of sp³-hybridized carbons (Fsp3) is 0.459. The van der Waals surface area contributed by atoms with Gasteiger partial charge in [0.1, 0.15) is 36.1 Å². The van der Waals surface area contributed by atoms with Crippen molar-refractivity contribution in [1.82, 2.24) is 30.1 Å². The summed E-state index contributed by atoms with van der Waals surface area (Å²) in [6, 6.07) is 9.09. The Morgan fingerprint density at radius 3 is 2.71 bits per heavy atom. The first-order chi connectivity index (χ1) is 23.7. The van der Waals surface area contributed by atoms with E-state index in [-0.39, 0.29) is 40.5 Å². The van der Waals surface area contributed by atoms with Gasteiger partial charge in [0.2, 0.25) is 0 Å². The Morgan fingerprint density at radius 1 is 1.12 bits per heavy atom. The van der Waals surface area contributed by atoms with Crippen LogP contribution in [0.2, 0.25) is 0 Å². The molecule has 2 aromatic carbocycles. The smallest absolute Gasteiger partial charge is 0.409 e. The predicted molar refractivity (Wildman–Crippen MR) is 183 cm³/mol. The van der Waals surface area contributed by atoms with Crippen LogP contribution in [0.25, 0.3) is 32.9 Å². The second kappa shape index (κ2) is 12.4. The molecule has 4 fully saturated rings. The van der Waals surface area contributed by atoms with Crippen molar-refractivity contribution in [2.75, 3.05) is 51.8 Å². The lowest BCUT2D eigenvalue weighted by molar-refractivity contribution is 0.0484. The molecule has 4 atom stereocenters. The van der Waals surface area contributed by atoms with Crippen molar-refractivity contribution in [3.05, 3.63) is 53.7 Å². The molecule has 1 N–H and O–H groups in total. The van der Waals surface area contributed by atoms with E-state index in [2.05, 4.69) is 31.0 Å². The van der Waals surface area contributed by atoms with Gasteiger partial charge < -0.3 is 24.6 Å². The van der Waals surface area contributed by atoms with Crippen LogP contribution in [-0.4, -0.2) is 101 Å². The van der Waals surface area contributed by atoms with Crippen LogP contribution in [-0.2, 0) is 4.74 Å². The van der Waals surface area contributed by atoms with E-state index in [4.69, 9.17) is 20.9 Å². The van der Waals surface area contributed by atoms with Crippen molar-refractivity contribution >= 4 is 33.6 Å². The molecule has 2 aromatic heterocycles. The molecule has 254 valence electrons. The number of terminal acetylenes is 1. The number of hydrogen-bond acceptors (Lipinski definition) is 9. The molecular formula is C37H39F2N7O3. The minimum absolute atomic E-state index is 0.0302. The van der Waals surface area contributed by atoms with Gasteiger partial charge in [0.05, 0.1) is 16.5 Å². The molecule has 4 saturated heterocycles. The Hall–Kier alpha value is -4.60. The molecule has 4 aromatic rings. The van der Waals surface area contributed by atoms with E-state index in [0.29, 0.717) is 52.8 Å². The average molecular weight is 668 g/mol. The Bertz CT molecular complexity index is 1990. The topological polar surface area (TPSA) is 95.9 Å². The highest BCUT2D eigenvalue weighted by Gasteiger charge is 2.50. The summed E-state index contributed by atoms with van der Waals surface area (Å²) < 4.78 is 43.8. The number of aromatic nitrogens is 3. The molecule has 10 nitrogen and oxygen atoms in total. The summed E-state index contributed by atoms with van der Waals surface area (Å²) in [5, 5.41) is 5.25. The second-order valence-corrected chi connectivity index (χ2v) is 14.0. The van der Waals surface area contributed by atoms with Gasteiger partial charge in [-0.3, -0.25) is 9.88 Å². The number of halogens is 2. The number of amides is 1. The molecule has 6 heterocycles. The van der Waals surface area contributed by atoms with Crippen LogP contribution in [0.3, 0.4) is 0 Å². The monoisotopic (exact) mass is 667 g/mol. The summed E-state index contributed by atoms with van der Waals surface area (Å²) in [6.07, 6.45) is 12.8. The molecule has 0 radical (unpaired) electrons. The van der Waals surface area contributed by atoms with Gasteiger partial charge in [0.15, 0.2) is 5.82 Å². The normalized spacial score (nSPS) is 24.7. The minimum Gasteiger partial charge on any atom is -0.461 e. The highest BCUT2D eigenvalue weighted by atomic mass is 19.1. The van der Waals surface area contributed by atoms with Gasteiger partial charge in [-0.2, -0.15) is 9.97 Å². The number of benzene rings is 2. The van der Waals surface area contributed by atoms with Crippen LogP contribution in [0.15, 0.2) is 36.5 Å². The fourth-order valence-electron chi connectivity index (χ4n) is 8.46. The summed E-state index contributed by atoms with van der Waals surface area (Å²) in [7, 11) is 3.35.